The van der Waals surface area contributed by atoms with Crippen LogP contribution in [-0.2, 0) is 19.1 Å². The Morgan fingerprint density at radius 3 is 2.52 bits per heavy atom. The number of nitrogens with one attached hydrogen (secondary N) is 1. The number of methoxy groups -OCH3 is 1. The number of rotatable bonds is 6. The largest absolute Gasteiger partial charge is 0.465 e. The zero-order chi connectivity index (χ0) is 19.8. The number of carbonyl (C=O) groups excluding carboxylic acids is 3. The van der Waals surface area contributed by atoms with Crippen LogP contribution in [0.1, 0.15) is 22.8 Å². The molecule has 0 saturated heterocycles. The lowest BCUT2D eigenvalue weighted by Crippen LogP contribution is -2.29. The molecule has 0 aliphatic heterocycles. The number of anilines is 1. The predicted molar refractivity (Wildman–Crippen MR) is 100 cm³/mol. The Kier molecular flexibility index (Phi) is 7.08. The van der Waals surface area contributed by atoms with Gasteiger partial charge in [0.1, 0.15) is 0 Å². The summed E-state index contributed by atoms with van der Waals surface area (Å²) in [7, 11) is 1.30. The Labute approximate surface area is 161 Å². The number of ether oxygens (including phenoxy) is 2. The Morgan fingerprint density at radius 2 is 1.89 bits per heavy atom. The van der Waals surface area contributed by atoms with Crippen molar-refractivity contribution >= 4 is 41.2 Å². The second-order valence-electron chi connectivity index (χ2n) is 5.36. The number of benzene rings is 1. The van der Waals surface area contributed by atoms with E-state index in [1.54, 1.807) is 36.4 Å². The van der Waals surface area contributed by atoms with E-state index in [2.05, 4.69) is 15.0 Å². The van der Waals surface area contributed by atoms with Crippen LogP contribution in [0.25, 0.3) is 6.08 Å². The van der Waals surface area contributed by atoms with Gasteiger partial charge >= 0.3 is 11.9 Å². The van der Waals surface area contributed by atoms with E-state index in [4.69, 9.17) is 16.3 Å². The average Bonchev–Trinajstić information content (AvgIpc) is 2.67. The van der Waals surface area contributed by atoms with Crippen LogP contribution in [0.5, 0.6) is 0 Å². The van der Waals surface area contributed by atoms with Crippen molar-refractivity contribution in [1.82, 2.24) is 4.98 Å². The van der Waals surface area contributed by atoms with Crippen LogP contribution in [0.3, 0.4) is 0 Å². The van der Waals surface area contributed by atoms with E-state index >= 15 is 0 Å². The van der Waals surface area contributed by atoms with Crippen molar-refractivity contribution in [3.05, 3.63) is 65.0 Å². The van der Waals surface area contributed by atoms with Crippen LogP contribution in [-0.4, -0.2) is 36.0 Å². The topological polar surface area (TPSA) is 94.6 Å². The highest BCUT2D eigenvalue weighted by Gasteiger charge is 2.17. The summed E-state index contributed by atoms with van der Waals surface area (Å²) in [6.07, 6.45) is 3.16. The highest BCUT2D eigenvalue weighted by molar-refractivity contribution is 6.32. The number of hydrogen-bond donors (Lipinski definition) is 1. The molecule has 0 spiro atoms. The molecule has 2 aromatic rings. The Morgan fingerprint density at radius 1 is 1.19 bits per heavy atom. The van der Waals surface area contributed by atoms with E-state index in [1.807, 2.05) is 0 Å². The van der Waals surface area contributed by atoms with Crippen LogP contribution in [0.2, 0.25) is 5.15 Å². The van der Waals surface area contributed by atoms with Crippen molar-refractivity contribution in [2.45, 2.75) is 13.0 Å². The lowest BCUT2D eigenvalue weighted by Gasteiger charge is -2.12. The smallest absolute Gasteiger partial charge is 0.337 e. The molecule has 0 aliphatic carbocycles. The third-order valence-corrected chi connectivity index (χ3v) is 3.72. The first kappa shape index (κ1) is 20.1. The average molecular weight is 389 g/mol. The SMILES string of the molecule is COC(=O)c1ccc(/C=C/C(=O)O[C@@H](C)C(=O)Nc2cccnc2Cl)cc1. The van der Waals surface area contributed by atoms with Crippen molar-refractivity contribution in [2.75, 3.05) is 12.4 Å². The molecule has 0 radical (unpaired) electrons. The number of nitrogens with zero attached hydrogens (tertiary/aromatic N) is 1. The molecule has 1 N–H and O–H groups in total. The fraction of sp³-hybridized carbons (Fsp3) is 0.158. The summed E-state index contributed by atoms with van der Waals surface area (Å²) in [4.78, 5) is 39.1. The van der Waals surface area contributed by atoms with E-state index in [0.717, 1.165) is 0 Å². The fourth-order valence-electron chi connectivity index (χ4n) is 1.99. The number of carbonyl (C=O) groups is 3. The third-order valence-electron chi connectivity index (χ3n) is 3.42. The molecular weight excluding hydrogens is 372 g/mol. The van der Waals surface area contributed by atoms with Gasteiger partial charge in [-0.3, -0.25) is 4.79 Å². The molecule has 0 bridgehead atoms. The van der Waals surface area contributed by atoms with Crippen LogP contribution >= 0.6 is 11.6 Å². The van der Waals surface area contributed by atoms with Crippen LogP contribution < -0.4 is 5.32 Å². The molecule has 1 amide bonds. The highest BCUT2D eigenvalue weighted by Crippen LogP contribution is 2.17. The minimum Gasteiger partial charge on any atom is -0.465 e. The van der Waals surface area contributed by atoms with Crippen LogP contribution in [0, 0.1) is 0 Å². The molecule has 0 aliphatic rings. The second-order valence-corrected chi connectivity index (χ2v) is 5.72. The van der Waals surface area contributed by atoms with Gasteiger partial charge in [0.2, 0.25) is 0 Å². The van der Waals surface area contributed by atoms with Crippen LogP contribution in [0.15, 0.2) is 48.7 Å². The van der Waals surface area contributed by atoms with E-state index in [0.29, 0.717) is 16.8 Å². The minimum absolute atomic E-state index is 0.139. The summed E-state index contributed by atoms with van der Waals surface area (Å²) in [5.74, 6) is -1.67. The van der Waals surface area contributed by atoms with Gasteiger partial charge in [0.05, 0.1) is 18.4 Å². The summed E-state index contributed by atoms with van der Waals surface area (Å²) in [5.41, 5.74) is 1.41. The van der Waals surface area contributed by atoms with Gasteiger partial charge in [0, 0.05) is 12.3 Å². The van der Waals surface area contributed by atoms with Gasteiger partial charge in [-0.05, 0) is 42.8 Å². The summed E-state index contributed by atoms with van der Waals surface area (Å²) in [6.45, 7) is 1.44. The summed E-state index contributed by atoms with van der Waals surface area (Å²) in [6, 6.07) is 9.65. The Bertz CT molecular complexity index is 865. The molecule has 1 aromatic heterocycles. The second kappa shape index (κ2) is 9.49. The summed E-state index contributed by atoms with van der Waals surface area (Å²) >= 11 is 5.86. The molecule has 0 saturated carbocycles. The van der Waals surface area contributed by atoms with Crippen molar-refractivity contribution in [3.63, 3.8) is 0 Å². The van der Waals surface area contributed by atoms with Crippen molar-refractivity contribution in [1.29, 1.82) is 0 Å². The number of amides is 1. The summed E-state index contributed by atoms with van der Waals surface area (Å²) < 4.78 is 9.66. The fourth-order valence-corrected chi connectivity index (χ4v) is 2.16. The number of pyridine rings is 1. The van der Waals surface area contributed by atoms with E-state index < -0.39 is 23.9 Å². The van der Waals surface area contributed by atoms with E-state index in [-0.39, 0.29) is 5.15 Å². The first-order valence-electron chi connectivity index (χ1n) is 7.89. The standard InChI is InChI=1S/C19H17ClN2O5/c1-12(18(24)22-15-4-3-11-21-17(15)20)27-16(23)10-7-13-5-8-14(9-6-13)19(25)26-2/h3-12H,1-2H3,(H,22,24)/b10-7+/t12-/m0/s1. The van der Waals surface area contributed by atoms with Gasteiger partial charge in [0.25, 0.3) is 5.91 Å². The van der Waals surface area contributed by atoms with Crippen molar-refractivity contribution in [3.8, 4) is 0 Å². The molecule has 0 fully saturated rings. The molecule has 1 heterocycles. The van der Waals surface area contributed by atoms with Crippen LogP contribution in [0.4, 0.5) is 5.69 Å². The maximum absolute atomic E-state index is 12.1. The third kappa shape index (κ3) is 5.93. The van der Waals surface area contributed by atoms with Gasteiger partial charge < -0.3 is 14.8 Å². The maximum atomic E-state index is 12.1. The van der Waals surface area contributed by atoms with Crippen molar-refractivity contribution in [2.24, 2.45) is 0 Å². The molecule has 2 rings (SSSR count). The quantitative estimate of drug-likeness (QED) is 0.464. The monoisotopic (exact) mass is 388 g/mol. The first-order valence-corrected chi connectivity index (χ1v) is 8.27. The normalized spacial score (nSPS) is 11.7. The number of aromatic nitrogens is 1. The lowest BCUT2D eigenvalue weighted by molar-refractivity contribution is -0.148. The molecular formula is C19H17ClN2O5. The minimum atomic E-state index is -1.03. The molecule has 7 nitrogen and oxygen atoms in total. The highest BCUT2D eigenvalue weighted by atomic mass is 35.5. The lowest BCUT2D eigenvalue weighted by atomic mass is 10.1. The van der Waals surface area contributed by atoms with Gasteiger partial charge in [0.15, 0.2) is 11.3 Å². The molecule has 8 heteroatoms. The van der Waals surface area contributed by atoms with Gasteiger partial charge in [-0.1, -0.05) is 23.7 Å². The number of halogens is 1. The Balaban J connectivity index is 1.90. The molecule has 0 unspecified atom stereocenters. The molecule has 1 atom stereocenters. The number of esters is 2. The van der Waals surface area contributed by atoms with Gasteiger partial charge in [-0.25, -0.2) is 14.6 Å². The van der Waals surface area contributed by atoms with Gasteiger partial charge in [-0.2, -0.15) is 0 Å². The Hall–Kier alpha value is -3.19. The molecule has 140 valence electrons. The zero-order valence-electron chi connectivity index (χ0n) is 14.6. The van der Waals surface area contributed by atoms with Gasteiger partial charge in [-0.15, -0.1) is 0 Å². The maximum Gasteiger partial charge on any atom is 0.337 e. The zero-order valence-corrected chi connectivity index (χ0v) is 15.4. The molecule has 1 aromatic carbocycles. The van der Waals surface area contributed by atoms with E-state index in [9.17, 15) is 14.4 Å². The first-order chi connectivity index (χ1) is 12.9. The predicted octanol–water partition coefficient (Wildman–Crippen LogP) is 3.11. The van der Waals surface area contributed by atoms with E-state index in [1.165, 1.54) is 32.4 Å². The summed E-state index contributed by atoms with van der Waals surface area (Å²) in [5, 5.41) is 2.67. The number of hydrogen-bond acceptors (Lipinski definition) is 6. The van der Waals surface area contributed by atoms with Crippen molar-refractivity contribution < 1.29 is 23.9 Å². The molecule has 27 heavy (non-hydrogen) atoms.